The molecule has 7 heteroatoms. The number of nitrogen functional groups attached to an aromatic ring is 1. The van der Waals surface area contributed by atoms with Gasteiger partial charge in [0.1, 0.15) is 5.56 Å². The summed E-state index contributed by atoms with van der Waals surface area (Å²) >= 11 is 0. The molecule has 0 saturated carbocycles. The molecule has 2 aromatic rings. The summed E-state index contributed by atoms with van der Waals surface area (Å²) in [5.74, 6) is -0.318. The SMILES string of the molecule is Cn1cc(C(=O)N2CCN(C=O)CC2)c(=O)c2c(N)cccc21. The number of aryl methyl sites for hydroxylation is 1. The first kappa shape index (κ1) is 15.1. The minimum atomic E-state index is -0.348. The smallest absolute Gasteiger partial charge is 0.259 e. The van der Waals surface area contributed by atoms with Crippen LogP contribution in [0.25, 0.3) is 10.9 Å². The Morgan fingerprint density at radius 3 is 2.57 bits per heavy atom. The van der Waals surface area contributed by atoms with E-state index in [1.54, 1.807) is 45.8 Å². The molecule has 1 saturated heterocycles. The maximum absolute atomic E-state index is 12.7. The van der Waals surface area contributed by atoms with Gasteiger partial charge in [-0.1, -0.05) is 6.07 Å². The van der Waals surface area contributed by atoms with E-state index in [1.807, 2.05) is 0 Å². The third-order valence-corrected chi connectivity index (χ3v) is 4.23. The van der Waals surface area contributed by atoms with Crippen molar-refractivity contribution >= 4 is 28.9 Å². The van der Waals surface area contributed by atoms with E-state index in [9.17, 15) is 14.4 Å². The van der Waals surface area contributed by atoms with Crippen LogP contribution in [0, 0.1) is 0 Å². The van der Waals surface area contributed by atoms with Gasteiger partial charge < -0.3 is 20.1 Å². The molecule has 0 spiro atoms. The maximum atomic E-state index is 12.7. The number of carbonyl (C=O) groups excluding carboxylic acids is 2. The number of piperazine rings is 1. The first-order valence-corrected chi connectivity index (χ1v) is 7.39. The maximum Gasteiger partial charge on any atom is 0.259 e. The van der Waals surface area contributed by atoms with Crippen LogP contribution in [0.15, 0.2) is 29.2 Å². The van der Waals surface area contributed by atoms with Crippen molar-refractivity contribution in [1.29, 1.82) is 0 Å². The fourth-order valence-electron chi connectivity index (χ4n) is 2.91. The largest absolute Gasteiger partial charge is 0.398 e. The summed E-state index contributed by atoms with van der Waals surface area (Å²) in [6.45, 7) is 1.79. The number of rotatable bonds is 2. The predicted molar refractivity (Wildman–Crippen MR) is 87.1 cm³/mol. The third kappa shape index (κ3) is 2.54. The number of hydrogen-bond acceptors (Lipinski definition) is 4. The van der Waals surface area contributed by atoms with Gasteiger partial charge in [-0.25, -0.2) is 0 Å². The van der Waals surface area contributed by atoms with Crippen molar-refractivity contribution in [3.05, 3.63) is 40.2 Å². The van der Waals surface area contributed by atoms with E-state index >= 15 is 0 Å². The van der Waals surface area contributed by atoms with Crippen molar-refractivity contribution in [2.75, 3.05) is 31.9 Å². The van der Waals surface area contributed by atoms with Crippen LogP contribution in [0.3, 0.4) is 0 Å². The molecule has 1 aromatic heterocycles. The first-order valence-electron chi connectivity index (χ1n) is 7.39. The standard InChI is InChI=1S/C16H18N4O3/c1-18-9-11(15(22)14-12(17)3-2-4-13(14)18)16(23)20-7-5-19(10-21)6-8-20/h2-4,9-10H,5-8,17H2,1H3. The van der Waals surface area contributed by atoms with Gasteiger partial charge in [0.2, 0.25) is 11.8 Å². The Balaban J connectivity index is 2.02. The highest BCUT2D eigenvalue weighted by Gasteiger charge is 2.24. The summed E-state index contributed by atoms with van der Waals surface area (Å²) in [5.41, 5.74) is 6.74. The molecule has 120 valence electrons. The molecule has 23 heavy (non-hydrogen) atoms. The predicted octanol–water partition coefficient (Wildman–Crippen LogP) is 0.0349. The molecule has 2 heterocycles. The van der Waals surface area contributed by atoms with E-state index in [0.29, 0.717) is 42.8 Å². The summed E-state index contributed by atoms with van der Waals surface area (Å²) < 4.78 is 1.74. The summed E-state index contributed by atoms with van der Waals surface area (Å²) in [4.78, 5) is 39.3. The Hall–Kier alpha value is -2.83. The lowest BCUT2D eigenvalue weighted by molar-refractivity contribution is -0.119. The highest BCUT2D eigenvalue weighted by molar-refractivity contribution is 6.00. The summed E-state index contributed by atoms with van der Waals surface area (Å²) in [6, 6.07) is 5.22. The molecule has 1 aliphatic rings. The topological polar surface area (TPSA) is 88.6 Å². The molecular weight excluding hydrogens is 296 g/mol. The summed E-state index contributed by atoms with van der Waals surface area (Å²) in [6.07, 6.45) is 2.33. The van der Waals surface area contributed by atoms with E-state index < -0.39 is 0 Å². The van der Waals surface area contributed by atoms with Crippen LogP contribution < -0.4 is 11.2 Å². The zero-order valence-electron chi connectivity index (χ0n) is 12.9. The lowest BCUT2D eigenvalue weighted by atomic mass is 10.1. The molecule has 2 amide bonds. The Bertz CT molecular complexity index is 835. The van der Waals surface area contributed by atoms with E-state index in [0.717, 1.165) is 6.41 Å². The third-order valence-electron chi connectivity index (χ3n) is 4.23. The number of pyridine rings is 1. The van der Waals surface area contributed by atoms with Crippen LogP contribution in [0.1, 0.15) is 10.4 Å². The number of fused-ring (bicyclic) bond motifs is 1. The number of carbonyl (C=O) groups is 2. The quantitative estimate of drug-likeness (QED) is 0.626. The van der Waals surface area contributed by atoms with Crippen LogP contribution in [-0.4, -0.2) is 52.9 Å². The zero-order valence-corrected chi connectivity index (χ0v) is 12.9. The van der Waals surface area contributed by atoms with Crippen LogP contribution in [0.2, 0.25) is 0 Å². The van der Waals surface area contributed by atoms with Crippen molar-refractivity contribution < 1.29 is 9.59 Å². The molecule has 0 bridgehead atoms. The van der Waals surface area contributed by atoms with Crippen molar-refractivity contribution in [2.45, 2.75) is 0 Å². The minimum absolute atomic E-state index is 0.109. The first-order chi connectivity index (χ1) is 11.0. The molecule has 1 aromatic carbocycles. The number of amides is 2. The molecule has 3 rings (SSSR count). The van der Waals surface area contributed by atoms with Gasteiger partial charge in [-0.05, 0) is 12.1 Å². The van der Waals surface area contributed by atoms with Crippen LogP contribution >= 0.6 is 0 Å². The fraction of sp³-hybridized carbons (Fsp3) is 0.312. The van der Waals surface area contributed by atoms with Gasteiger partial charge in [0, 0.05) is 45.1 Å². The van der Waals surface area contributed by atoms with E-state index in [2.05, 4.69) is 0 Å². The van der Waals surface area contributed by atoms with Gasteiger partial charge in [-0.3, -0.25) is 14.4 Å². The lowest BCUT2D eigenvalue weighted by Crippen LogP contribution is -2.49. The monoisotopic (exact) mass is 314 g/mol. The van der Waals surface area contributed by atoms with Crippen LogP contribution in [-0.2, 0) is 11.8 Å². The Labute approximate surface area is 132 Å². The molecule has 7 nitrogen and oxygen atoms in total. The van der Waals surface area contributed by atoms with E-state index in [-0.39, 0.29) is 16.9 Å². The second-order valence-electron chi connectivity index (χ2n) is 5.66. The summed E-state index contributed by atoms with van der Waals surface area (Å²) in [5, 5.41) is 0.368. The van der Waals surface area contributed by atoms with Gasteiger partial charge in [0.05, 0.1) is 10.9 Å². The van der Waals surface area contributed by atoms with Crippen molar-refractivity contribution in [2.24, 2.45) is 7.05 Å². The second-order valence-corrected chi connectivity index (χ2v) is 5.66. The molecule has 0 radical (unpaired) electrons. The second kappa shape index (κ2) is 5.75. The average Bonchev–Trinajstić information content (AvgIpc) is 2.57. The average molecular weight is 314 g/mol. The molecule has 0 atom stereocenters. The van der Waals surface area contributed by atoms with Crippen molar-refractivity contribution in [3.8, 4) is 0 Å². The van der Waals surface area contributed by atoms with Crippen molar-refractivity contribution in [3.63, 3.8) is 0 Å². The highest BCUT2D eigenvalue weighted by Crippen LogP contribution is 2.18. The minimum Gasteiger partial charge on any atom is -0.398 e. The molecule has 1 aliphatic heterocycles. The Morgan fingerprint density at radius 2 is 1.91 bits per heavy atom. The van der Waals surface area contributed by atoms with Gasteiger partial charge >= 0.3 is 0 Å². The number of nitrogens with two attached hydrogens (primary N) is 1. The summed E-state index contributed by atoms with van der Waals surface area (Å²) in [7, 11) is 1.78. The number of anilines is 1. The Morgan fingerprint density at radius 1 is 1.22 bits per heavy atom. The number of hydrogen-bond donors (Lipinski definition) is 1. The van der Waals surface area contributed by atoms with Gasteiger partial charge in [0.25, 0.3) is 5.91 Å². The fourth-order valence-corrected chi connectivity index (χ4v) is 2.91. The van der Waals surface area contributed by atoms with Gasteiger partial charge in [-0.15, -0.1) is 0 Å². The van der Waals surface area contributed by atoms with E-state index in [4.69, 9.17) is 5.73 Å². The van der Waals surface area contributed by atoms with Crippen LogP contribution in [0.4, 0.5) is 5.69 Å². The number of aromatic nitrogens is 1. The van der Waals surface area contributed by atoms with Gasteiger partial charge in [0.15, 0.2) is 0 Å². The zero-order chi connectivity index (χ0) is 16.6. The number of benzene rings is 1. The molecular formula is C16H18N4O3. The van der Waals surface area contributed by atoms with Crippen molar-refractivity contribution in [1.82, 2.24) is 14.4 Å². The molecule has 0 aliphatic carbocycles. The van der Waals surface area contributed by atoms with Crippen LogP contribution in [0.5, 0.6) is 0 Å². The highest BCUT2D eigenvalue weighted by atomic mass is 16.2. The Kier molecular flexibility index (Phi) is 3.77. The van der Waals surface area contributed by atoms with Gasteiger partial charge in [-0.2, -0.15) is 0 Å². The lowest BCUT2D eigenvalue weighted by Gasteiger charge is -2.32. The molecule has 1 fully saturated rings. The van der Waals surface area contributed by atoms with E-state index in [1.165, 1.54) is 0 Å². The molecule has 2 N–H and O–H groups in total. The number of nitrogens with zero attached hydrogens (tertiary/aromatic N) is 3. The normalized spacial score (nSPS) is 15.0. The molecule has 0 unspecified atom stereocenters.